The van der Waals surface area contributed by atoms with Crippen molar-refractivity contribution in [2.24, 2.45) is 11.7 Å². The molecule has 5 nitrogen and oxygen atoms in total. The highest BCUT2D eigenvalue weighted by molar-refractivity contribution is 5.34. The molecule has 1 heterocycles. The van der Waals surface area contributed by atoms with Crippen LogP contribution >= 0.6 is 0 Å². The molecule has 90 valence electrons. The molecule has 1 aromatic rings. The number of nitrogens with one attached hydrogen (secondary N) is 1. The van der Waals surface area contributed by atoms with Crippen molar-refractivity contribution in [3.8, 4) is 5.88 Å². The molecule has 1 unspecified atom stereocenters. The fraction of sp³-hybridized carbons (Fsp3) is 0.636. The van der Waals surface area contributed by atoms with Gasteiger partial charge in [0.15, 0.2) is 0 Å². The summed E-state index contributed by atoms with van der Waals surface area (Å²) in [6, 6.07) is 0.200. The zero-order valence-corrected chi connectivity index (χ0v) is 10.1. The van der Waals surface area contributed by atoms with Crippen LogP contribution in [-0.4, -0.2) is 29.2 Å². The summed E-state index contributed by atoms with van der Waals surface area (Å²) in [5, 5.41) is 3.25. The van der Waals surface area contributed by atoms with Crippen LogP contribution < -0.4 is 15.8 Å². The van der Waals surface area contributed by atoms with Crippen molar-refractivity contribution in [1.82, 2.24) is 9.97 Å². The molecule has 0 aromatic carbocycles. The van der Waals surface area contributed by atoms with E-state index < -0.39 is 0 Å². The van der Waals surface area contributed by atoms with Gasteiger partial charge in [0.25, 0.3) is 0 Å². The summed E-state index contributed by atoms with van der Waals surface area (Å²) in [5.74, 6) is 1.68. The number of hydrogen-bond donors (Lipinski definition) is 2. The molecule has 0 saturated heterocycles. The van der Waals surface area contributed by atoms with Crippen LogP contribution in [0.25, 0.3) is 0 Å². The van der Waals surface area contributed by atoms with Gasteiger partial charge in [0.05, 0.1) is 19.0 Å². The number of nitrogens with zero attached hydrogens (tertiary/aromatic N) is 2. The Morgan fingerprint density at radius 1 is 1.44 bits per heavy atom. The summed E-state index contributed by atoms with van der Waals surface area (Å²) >= 11 is 0. The third-order valence-corrected chi connectivity index (χ3v) is 2.30. The summed E-state index contributed by atoms with van der Waals surface area (Å²) < 4.78 is 5.28. The van der Waals surface area contributed by atoms with Gasteiger partial charge in [0.1, 0.15) is 5.82 Å². The molecular weight excluding hydrogens is 204 g/mol. The lowest BCUT2D eigenvalue weighted by Gasteiger charge is -2.20. The lowest BCUT2D eigenvalue weighted by atomic mass is 10.1. The number of aromatic nitrogens is 2. The van der Waals surface area contributed by atoms with E-state index in [-0.39, 0.29) is 6.04 Å². The van der Waals surface area contributed by atoms with Gasteiger partial charge in [-0.3, -0.25) is 4.98 Å². The Bertz CT molecular complexity index is 317. The van der Waals surface area contributed by atoms with Crippen LogP contribution in [0.5, 0.6) is 5.88 Å². The quantitative estimate of drug-likeness (QED) is 0.761. The predicted octanol–water partition coefficient (Wildman–Crippen LogP) is 1.27. The second-order valence-electron chi connectivity index (χ2n) is 3.91. The molecule has 0 saturated carbocycles. The van der Waals surface area contributed by atoms with Gasteiger partial charge in [-0.25, -0.2) is 0 Å². The Labute approximate surface area is 96.4 Å². The predicted molar refractivity (Wildman–Crippen MR) is 64.5 cm³/mol. The molecule has 5 heteroatoms. The lowest BCUT2D eigenvalue weighted by molar-refractivity contribution is 0.325. The molecule has 0 aliphatic rings. The topological polar surface area (TPSA) is 73.1 Å². The summed E-state index contributed by atoms with van der Waals surface area (Å²) in [7, 11) is 0. The van der Waals surface area contributed by atoms with Crippen molar-refractivity contribution in [2.75, 3.05) is 18.5 Å². The van der Waals surface area contributed by atoms with Crippen molar-refractivity contribution in [2.45, 2.75) is 26.8 Å². The van der Waals surface area contributed by atoms with Crippen LogP contribution in [0.1, 0.15) is 20.8 Å². The fourth-order valence-electron chi connectivity index (χ4n) is 1.32. The Hall–Kier alpha value is -1.36. The van der Waals surface area contributed by atoms with Crippen LogP contribution in [-0.2, 0) is 0 Å². The van der Waals surface area contributed by atoms with Crippen LogP contribution in [0, 0.1) is 5.92 Å². The number of rotatable bonds is 6. The van der Waals surface area contributed by atoms with Crippen molar-refractivity contribution < 1.29 is 4.74 Å². The fourth-order valence-corrected chi connectivity index (χ4v) is 1.32. The van der Waals surface area contributed by atoms with Gasteiger partial charge in [-0.05, 0) is 12.8 Å². The maximum atomic E-state index is 5.68. The first kappa shape index (κ1) is 12.7. The minimum absolute atomic E-state index is 0.200. The Morgan fingerprint density at radius 3 is 2.75 bits per heavy atom. The van der Waals surface area contributed by atoms with E-state index in [0.29, 0.717) is 30.8 Å². The third kappa shape index (κ3) is 3.66. The standard InChI is InChI=1S/C11H20N4O/c1-4-16-11-7-13-6-10(15-11)14-9(5-12)8(2)3/h6-9H,4-5,12H2,1-3H3,(H,14,15). The monoisotopic (exact) mass is 224 g/mol. The van der Waals surface area contributed by atoms with E-state index in [9.17, 15) is 0 Å². The van der Waals surface area contributed by atoms with Crippen molar-refractivity contribution in [3.63, 3.8) is 0 Å². The van der Waals surface area contributed by atoms with E-state index in [4.69, 9.17) is 10.5 Å². The van der Waals surface area contributed by atoms with Crippen LogP contribution in [0.4, 0.5) is 5.82 Å². The first-order chi connectivity index (χ1) is 7.67. The Balaban J connectivity index is 2.68. The van der Waals surface area contributed by atoms with Gasteiger partial charge in [-0.15, -0.1) is 0 Å². The summed E-state index contributed by atoms with van der Waals surface area (Å²) in [4.78, 5) is 8.34. The molecule has 16 heavy (non-hydrogen) atoms. The molecule has 1 aromatic heterocycles. The van der Waals surface area contributed by atoms with Crippen LogP contribution in [0.15, 0.2) is 12.4 Å². The van der Waals surface area contributed by atoms with E-state index in [1.165, 1.54) is 0 Å². The van der Waals surface area contributed by atoms with Gasteiger partial charge >= 0.3 is 0 Å². The van der Waals surface area contributed by atoms with Gasteiger partial charge < -0.3 is 15.8 Å². The van der Waals surface area contributed by atoms with E-state index in [1.54, 1.807) is 12.4 Å². The normalized spacial score (nSPS) is 12.6. The highest BCUT2D eigenvalue weighted by Crippen LogP contribution is 2.12. The summed E-state index contributed by atoms with van der Waals surface area (Å²) in [6.45, 7) is 7.30. The molecule has 1 atom stereocenters. The molecule has 0 aliphatic heterocycles. The Morgan fingerprint density at radius 2 is 2.19 bits per heavy atom. The van der Waals surface area contributed by atoms with Crippen LogP contribution in [0.3, 0.4) is 0 Å². The largest absolute Gasteiger partial charge is 0.477 e. The minimum Gasteiger partial charge on any atom is -0.477 e. The van der Waals surface area contributed by atoms with Crippen molar-refractivity contribution in [1.29, 1.82) is 0 Å². The van der Waals surface area contributed by atoms with E-state index in [1.807, 2.05) is 6.92 Å². The average molecular weight is 224 g/mol. The minimum atomic E-state index is 0.200. The smallest absolute Gasteiger partial charge is 0.234 e. The molecule has 3 N–H and O–H groups in total. The molecule has 0 spiro atoms. The second-order valence-corrected chi connectivity index (χ2v) is 3.91. The van der Waals surface area contributed by atoms with Gasteiger partial charge in [0, 0.05) is 12.6 Å². The first-order valence-corrected chi connectivity index (χ1v) is 5.58. The average Bonchev–Trinajstić information content (AvgIpc) is 2.26. The summed E-state index contributed by atoms with van der Waals surface area (Å²) in [6.07, 6.45) is 3.27. The number of nitrogens with two attached hydrogens (primary N) is 1. The maximum Gasteiger partial charge on any atom is 0.234 e. The number of hydrogen-bond acceptors (Lipinski definition) is 5. The molecule has 1 rings (SSSR count). The number of anilines is 1. The van der Waals surface area contributed by atoms with E-state index in [0.717, 1.165) is 0 Å². The summed E-state index contributed by atoms with van der Waals surface area (Å²) in [5.41, 5.74) is 5.68. The third-order valence-electron chi connectivity index (χ3n) is 2.30. The zero-order chi connectivity index (χ0) is 12.0. The lowest BCUT2D eigenvalue weighted by Crippen LogP contribution is -2.34. The highest BCUT2D eigenvalue weighted by Gasteiger charge is 2.11. The van der Waals surface area contributed by atoms with Gasteiger partial charge in [-0.2, -0.15) is 4.98 Å². The molecular formula is C11H20N4O. The maximum absolute atomic E-state index is 5.68. The van der Waals surface area contributed by atoms with Crippen LogP contribution in [0.2, 0.25) is 0 Å². The molecule has 0 aliphatic carbocycles. The highest BCUT2D eigenvalue weighted by atomic mass is 16.5. The van der Waals surface area contributed by atoms with Crippen molar-refractivity contribution >= 4 is 5.82 Å². The van der Waals surface area contributed by atoms with Gasteiger partial charge in [0.2, 0.25) is 5.88 Å². The zero-order valence-electron chi connectivity index (χ0n) is 10.1. The first-order valence-electron chi connectivity index (χ1n) is 5.58. The molecule has 0 fully saturated rings. The SMILES string of the molecule is CCOc1cncc(NC(CN)C(C)C)n1. The second kappa shape index (κ2) is 6.27. The molecule has 0 amide bonds. The van der Waals surface area contributed by atoms with E-state index >= 15 is 0 Å². The van der Waals surface area contributed by atoms with Gasteiger partial charge in [-0.1, -0.05) is 13.8 Å². The molecule has 0 bridgehead atoms. The Kier molecular flexibility index (Phi) is 4.98. The number of ether oxygens (including phenoxy) is 1. The van der Waals surface area contributed by atoms with Crippen molar-refractivity contribution in [3.05, 3.63) is 12.4 Å². The molecule has 0 radical (unpaired) electrons. The van der Waals surface area contributed by atoms with E-state index in [2.05, 4.69) is 29.1 Å².